The van der Waals surface area contributed by atoms with Gasteiger partial charge in [0, 0.05) is 20.3 Å². The van der Waals surface area contributed by atoms with E-state index in [4.69, 9.17) is 4.42 Å². The molecular weight excluding hydrogens is 282 g/mol. The molecule has 3 aromatic heterocycles. The van der Waals surface area contributed by atoms with Gasteiger partial charge in [0.25, 0.3) is 11.5 Å². The number of pyridine rings is 1. The van der Waals surface area contributed by atoms with Gasteiger partial charge in [0.05, 0.1) is 17.4 Å². The topological polar surface area (TPSA) is 69.2 Å². The van der Waals surface area contributed by atoms with E-state index in [-0.39, 0.29) is 11.5 Å². The number of furan rings is 1. The van der Waals surface area contributed by atoms with Crippen molar-refractivity contribution in [2.75, 3.05) is 0 Å². The van der Waals surface area contributed by atoms with Crippen LogP contribution in [0.2, 0.25) is 0 Å². The SMILES string of the molecule is Cc1ccc(CNC(=O)c2cc3c(=O)n(C)ccc3n2C)o1. The van der Waals surface area contributed by atoms with Gasteiger partial charge in [0.1, 0.15) is 17.2 Å². The van der Waals surface area contributed by atoms with Crippen molar-refractivity contribution < 1.29 is 9.21 Å². The molecule has 6 nitrogen and oxygen atoms in total. The van der Waals surface area contributed by atoms with Gasteiger partial charge in [0.15, 0.2) is 0 Å². The molecule has 0 radical (unpaired) electrons. The number of hydrogen-bond donors (Lipinski definition) is 1. The van der Waals surface area contributed by atoms with Gasteiger partial charge >= 0.3 is 0 Å². The fourth-order valence-electron chi connectivity index (χ4n) is 2.49. The Bertz CT molecular complexity index is 914. The van der Waals surface area contributed by atoms with Gasteiger partial charge in [-0.3, -0.25) is 9.59 Å². The van der Waals surface area contributed by atoms with Crippen LogP contribution in [-0.4, -0.2) is 15.0 Å². The second kappa shape index (κ2) is 5.22. The third kappa shape index (κ3) is 2.32. The summed E-state index contributed by atoms with van der Waals surface area (Å²) in [7, 11) is 3.46. The van der Waals surface area contributed by atoms with Gasteiger partial charge < -0.3 is 18.9 Å². The number of nitrogens with zero attached hydrogens (tertiary/aromatic N) is 2. The Morgan fingerprint density at radius 3 is 2.73 bits per heavy atom. The molecule has 0 aliphatic heterocycles. The molecule has 0 bridgehead atoms. The van der Waals surface area contributed by atoms with Crippen LogP contribution in [0.25, 0.3) is 10.9 Å². The maximum atomic E-state index is 12.3. The lowest BCUT2D eigenvalue weighted by Crippen LogP contribution is -2.24. The molecular formula is C16H17N3O3. The molecule has 1 amide bonds. The molecule has 0 aliphatic carbocycles. The van der Waals surface area contributed by atoms with E-state index >= 15 is 0 Å². The summed E-state index contributed by atoms with van der Waals surface area (Å²) in [5.74, 6) is 1.26. The summed E-state index contributed by atoms with van der Waals surface area (Å²) < 4.78 is 8.64. The van der Waals surface area contributed by atoms with E-state index < -0.39 is 0 Å². The van der Waals surface area contributed by atoms with Crippen LogP contribution in [0.1, 0.15) is 22.0 Å². The van der Waals surface area contributed by atoms with E-state index in [1.165, 1.54) is 4.57 Å². The van der Waals surface area contributed by atoms with Gasteiger partial charge in [-0.2, -0.15) is 0 Å². The second-order valence-corrected chi connectivity index (χ2v) is 5.31. The number of carbonyl (C=O) groups excluding carboxylic acids is 1. The molecule has 0 fully saturated rings. The Kier molecular flexibility index (Phi) is 3.36. The minimum Gasteiger partial charge on any atom is -0.465 e. The average Bonchev–Trinajstić information content (AvgIpc) is 3.05. The third-order valence-electron chi connectivity index (χ3n) is 3.74. The maximum absolute atomic E-state index is 12.3. The fourth-order valence-corrected chi connectivity index (χ4v) is 2.49. The van der Waals surface area contributed by atoms with Gasteiger partial charge in [-0.25, -0.2) is 0 Å². The molecule has 3 aromatic rings. The number of fused-ring (bicyclic) bond motifs is 1. The number of aryl methyl sites for hydroxylation is 3. The fraction of sp³-hybridized carbons (Fsp3) is 0.250. The highest BCUT2D eigenvalue weighted by atomic mass is 16.3. The zero-order chi connectivity index (χ0) is 15.9. The van der Waals surface area contributed by atoms with Gasteiger partial charge in [0.2, 0.25) is 0 Å². The lowest BCUT2D eigenvalue weighted by molar-refractivity contribution is 0.0940. The predicted octanol–water partition coefficient (Wildman–Crippen LogP) is 1.71. The third-order valence-corrected chi connectivity index (χ3v) is 3.74. The molecule has 0 aliphatic rings. The zero-order valence-corrected chi connectivity index (χ0v) is 12.7. The molecule has 0 unspecified atom stereocenters. The Morgan fingerprint density at radius 1 is 1.27 bits per heavy atom. The summed E-state index contributed by atoms with van der Waals surface area (Å²) in [6, 6.07) is 7.12. The van der Waals surface area contributed by atoms with Crippen LogP contribution in [0, 0.1) is 6.92 Å². The van der Waals surface area contributed by atoms with Crippen LogP contribution in [0.5, 0.6) is 0 Å². The number of nitrogens with one attached hydrogen (secondary N) is 1. The van der Waals surface area contributed by atoms with Crippen molar-refractivity contribution >= 4 is 16.8 Å². The molecule has 0 spiro atoms. The van der Waals surface area contributed by atoms with Crippen molar-refractivity contribution in [3.8, 4) is 0 Å². The molecule has 3 rings (SSSR count). The van der Waals surface area contributed by atoms with E-state index in [2.05, 4.69) is 5.32 Å². The van der Waals surface area contributed by atoms with Crippen LogP contribution in [0.4, 0.5) is 0 Å². The van der Waals surface area contributed by atoms with Crippen molar-refractivity contribution in [3.63, 3.8) is 0 Å². The first-order valence-corrected chi connectivity index (χ1v) is 6.96. The molecule has 1 N–H and O–H groups in total. The Hall–Kier alpha value is -2.76. The van der Waals surface area contributed by atoms with Crippen LogP contribution in [0.3, 0.4) is 0 Å². The minimum atomic E-state index is -0.241. The lowest BCUT2D eigenvalue weighted by Gasteiger charge is -2.05. The van der Waals surface area contributed by atoms with Crippen molar-refractivity contribution in [1.82, 2.24) is 14.5 Å². The summed E-state index contributed by atoms with van der Waals surface area (Å²) in [6.45, 7) is 2.16. The van der Waals surface area contributed by atoms with Crippen molar-refractivity contribution in [1.29, 1.82) is 0 Å². The molecule has 6 heteroatoms. The number of rotatable bonds is 3. The molecule has 22 heavy (non-hydrogen) atoms. The molecule has 0 aromatic carbocycles. The second-order valence-electron chi connectivity index (χ2n) is 5.31. The van der Waals surface area contributed by atoms with E-state index in [1.807, 2.05) is 25.1 Å². The van der Waals surface area contributed by atoms with Crippen LogP contribution < -0.4 is 10.9 Å². The van der Waals surface area contributed by atoms with Gasteiger partial charge in [-0.15, -0.1) is 0 Å². The Labute approximate surface area is 127 Å². The molecule has 0 saturated heterocycles. The van der Waals surface area contributed by atoms with Crippen molar-refractivity contribution in [2.45, 2.75) is 13.5 Å². The first-order chi connectivity index (χ1) is 10.5. The number of aromatic nitrogens is 2. The zero-order valence-electron chi connectivity index (χ0n) is 12.7. The summed E-state index contributed by atoms with van der Waals surface area (Å²) in [5, 5.41) is 3.34. The number of amides is 1. The van der Waals surface area contributed by atoms with Crippen molar-refractivity contribution in [2.24, 2.45) is 14.1 Å². The molecule has 3 heterocycles. The summed E-state index contributed by atoms with van der Waals surface area (Å²) in [5.41, 5.74) is 1.07. The summed E-state index contributed by atoms with van der Waals surface area (Å²) in [4.78, 5) is 24.4. The lowest BCUT2D eigenvalue weighted by atomic mass is 10.3. The smallest absolute Gasteiger partial charge is 0.268 e. The normalized spacial score (nSPS) is 11.0. The van der Waals surface area contributed by atoms with Gasteiger partial charge in [-0.1, -0.05) is 0 Å². The summed E-state index contributed by atoms with van der Waals surface area (Å²) >= 11 is 0. The maximum Gasteiger partial charge on any atom is 0.268 e. The monoisotopic (exact) mass is 299 g/mol. The Morgan fingerprint density at radius 2 is 2.05 bits per heavy atom. The van der Waals surface area contributed by atoms with E-state index in [1.54, 1.807) is 30.9 Å². The van der Waals surface area contributed by atoms with Crippen LogP contribution in [-0.2, 0) is 20.6 Å². The summed E-state index contributed by atoms with van der Waals surface area (Å²) in [6.07, 6.45) is 1.69. The standard InChI is InChI=1S/C16H17N3O3/c1-10-4-5-11(22-10)9-17-15(20)14-8-12-13(19(14)3)6-7-18(2)16(12)21/h4-8H,9H2,1-3H3,(H,17,20). The highest BCUT2D eigenvalue weighted by Gasteiger charge is 2.15. The predicted molar refractivity (Wildman–Crippen MR) is 82.8 cm³/mol. The highest BCUT2D eigenvalue weighted by molar-refractivity contribution is 5.98. The Balaban J connectivity index is 1.89. The first-order valence-electron chi connectivity index (χ1n) is 6.96. The van der Waals surface area contributed by atoms with E-state index in [0.717, 1.165) is 11.3 Å². The highest BCUT2D eigenvalue weighted by Crippen LogP contribution is 2.15. The molecule has 0 saturated carbocycles. The van der Waals surface area contributed by atoms with Gasteiger partial charge in [-0.05, 0) is 31.2 Å². The van der Waals surface area contributed by atoms with Crippen molar-refractivity contribution in [3.05, 3.63) is 58.0 Å². The van der Waals surface area contributed by atoms with Crippen LogP contribution in [0.15, 0.2) is 39.7 Å². The average molecular weight is 299 g/mol. The van der Waals surface area contributed by atoms with Crippen LogP contribution >= 0.6 is 0 Å². The quantitative estimate of drug-likeness (QED) is 0.800. The minimum absolute atomic E-state index is 0.117. The molecule has 0 atom stereocenters. The largest absolute Gasteiger partial charge is 0.465 e. The molecule has 114 valence electrons. The first kappa shape index (κ1) is 14.2. The van der Waals surface area contributed by atoms with E-state index in [9.17, 15) is 9.59 Å². The number of hydrogen-bond acceptors (Lipinski definition) is 3. The van der Waals surface area contributed by atoms with E-state index in [0.29, 0.717) is 23.4 Å². The number of carbonyl (C=O) groups is 1.